The van der Waals surface area contributed by atoms with Gasteiger partial charge in [-0.15, -0.1) is 0 Å². The normalized spacial score (nSPS) is 15.0. The third-order valence-corrected chi connectivity index (χ3v) is 11.5. The first-order chi connectivity index (χ1) is 29.0. The van der Waals surface area contributed by atoms with Crippen LogP contribution in [0.4, 0.5) is 4.39 Å². The predicted molar refractivity (Wildman–Crippen MR) is 225 cm³/mol. The Hall–Kier alpha value is -6.72. The monoisotopic (exact) mass is 804 g/mol. The van der Waals surface area contributed by atoms with Gasteiger partial charge in [-0.25, -0.2) is 19.2 Å². The molecule has 9 rings (SSSR count). The number of para-hydroxylation sites is 1. The number of nitriles is 1. The molecule has 2 aliphatic heterocycles. The zero-order chi connectivity index (χ0) is 41.7. The van der Waals surface area contributed by atoms with E-state index in [1.807, 2.05) is 60.0 Å². The van der Waals surface area contributed by atoms with Crippen LogP contribution in [0.2, 0.25) is 0 Å². The van der Waals surface area contributed by atoms with Gasteiger partial charge in [0.1, 0.15) is 28.4 Å². The molecule has 13 nitrogen and oxygen atoms in total. The Kier molecular flexibility index (Phi) is 10.00. The standard InChI is InChI=1S/C46H45FN10O3/c1-29-40-42(52-44(51-29)60-34-9-6-5-7-10-34)57(32-16-20-53(21-17-32)28-46(2,3)4)45(59)56(40)33-14-15-38(50-25-33)43(58)54-22-18-35-36-11-8-19-49-41(36)55(39(35)27-54)26-31-13-12-30(24-48)23-37(31)47/h5-15,19,23,25,32H,16-18,20-22,26-28H2,1-4H3. The number of amides is 1. The number of halogens is 1. The first-order valence-corrected chi connectivity index (χ1v) is 20.3. The van der Waals surface area contributed by atoms with Gasteiger partial charge in [-0.1, -0.05) is 45.0 Å². The third-order valence-electron chi connectivity index (χ3n) is 11.5. The predicted octanol–water partition coefficient (Wildman–Crippen LogP) is 7.37. The minimum atomic E-state index is -0.472. The van der Waals surface area contributed by atoms with Crippen LogP contribution in [-0.2, 0) is 19.5 Å². The molecule has 60 heavy (non-hydrogen) atoms. The summed E-state index contributed by atoms with van der Waals surface area (Å²) in [6.07, 6.45) is 5.42. The van der Waals surface area contributed by atoms with E-state index in [2.05, 4.69) is 40.6 Å². The molecule has 0 atom stereocenters. The van der Waals surface area contributed by atoms with Gasteiger partial charge in [0.2, 0.25) is 0 Å². The molecular formula is C46H45FN10O3. The summed E-state index contributed by atoms with van der Waals surface area (Å²) in [5, 5.41) is 10.2. The van der Waals surface area contributed by atoms with Crippen molar-refractivity contribution < 1.29 is 13.9 Å². The zero-order valence-corrected chi connectivity index (χ0v) is 34.1. The third kappa shape index (κ3) is 7.30. The number of carbonyl (C=O) groups is 1. The minimum absolute atomic E-state index is 0.0895. The molecule has 304 valence electrons. The Bertz CT molecular complexity index is 2860. The topological polar surface area (TPSA) is 140 Å². The lowest BCUT2D eigenvalue weighted by Gasteiger charge is -2.36. The summed E-state index contributed by atoms with van der Waals surface area (Å²) in [5.41, 5.74) is 5.58. The van der Waals surface area contributed by atoms with E-state index in [1.54, 1.807) is 50.7 Å². The molecule has 1 saturated heterocycles. The van der Waals surface area contributed by atoms with Crippen molar-refractivity contribution in [3.8, 4) is 23.5 Å². The molecule has 5 aromatic heterocycles. The van der Waals surface area contributed by atoms with Gasteiger partial charge in [-0.3, -0.25) is 13.9 Å². The number of piperidine rings is 1. The van der Waals surface area contributed by atoms with Crippen LogP contribution in [0.1, 0.15) is 78.2 Å². The van der Waals surface area contributed by atoms with E-state index >= 15 is 4.39 Å². The molecular weight excluding hydrogens is 760 g/mol. The fourth-order valence-electron chi connectivity index (χ4n) is 8.79. The van der Waals surface area contributed by atoms with E-state index in [1.165, 1.54) is 6.07 Å². The van der Waals surface area contributed by atoms with E-state index in [0.717, 1.165) is 49.1 Å². The molecule has 1 amide bonds. The van der Waals surface area contributed by atoms with Crippen molar-refractivity contribution in [2.45, 2.75) is 66.1 Å². The van der Waals surface area contributed by atoms with Crippen LogP contribution in [0.25, 0.3) is 27.9 Å². The lowest BCUT2D eigenvalue weighted by atomic mass is 9.94. The molecule has 0 bridgehead atoms. The number of likely N-dealkylation sites (tertiary alicyclic amines) is 1. The Morgan fingerprint density at radius 1 is 0.967 bits per heavy atom. The van der Waals surface area contributed by atoms with E-state index in [4.69, 9.17) is 9.72 Å². The quantitative estimate of drug-likeness (QED) is 0.154. The second kappa shape index (κ2) is 15.5. The average Bonchev–Trinajstić information content (AvgIpc) is 3.72. The molecule has 0 radical (unpaired) electrons. The smallest absolute Gasteiger partial charge is 0.335 e. The molecule has 0 saturated carbocycles. The van der Waals surface area contributed by atoms with Crippen LogP contribution >= 0.6 is 0 Å². The number of ether oxygens (including phenoxy) is 1. The van der Waals surface area contributed by atoms with Gasteiger partial charge in [0.15, 0.2) is 5.65 Å². The SMILES string of the molecule is Cc1nc(Oc2ccccc2)nc2c1n(-c1ccc(C(=O)N3CCc4c(n(Cc5ccc(C#N)cc5F)c5ncccc45)C3)nc1)c(=O)n2C1CCN(CC(C)(C)C)CC1. The second-order valence-electron chi connectivity index (χ2n) is 16.9. The van der Waals surface area contributed by atoms with Crippen LogP contribution < -0.4 is 10.4 Å². The summed E-state index contributed by atoms with van der Waals surface area (Å²) in [4.78, 5) is 51.8. The largest absolute Gasteiger partial charge is 0.424 e. The maximum Gasteiger partial charge on any atom is 0.335 e. The highest BCUT2D eigenvalue weighted by Gasteiger charge is 2.31. The number of nitrogens with zero attached hydrogens (tertiary/aromatic N) is 10. The Morgan fingerprint density at radius 2 is 1.77 bits per heavy atom. The van der Waals surface area contributed by atoms with Crippen molar-refractivity contribution in [3.05, 3.63) is 135 Å². The van der Waals surface area contributed by atoms with E-state index in [9.17, 15) is 14.9 Å². The summed E-state index contributed by atoms with van der Waals surface area (Å²) in [5.74, 6) is -0.145. The molecule has 2 aromatic carbocycles. The van der Waals surface area contributed by atoms with Crippen molar-refractivity contribution in [2.75, 3.05) is 26.2 Å². The Labute approximate surface area is 346 Å². The number of imidazole rings is 1. The van der Waals surface area contributed by atoms with Gasteiger partial charge in [0.25, 0.3) is 5.91 Å². The molecule has 14 heteroatoms. The number of aromatic nitrogens is 7. The van der Waals surface area contributed by atoms with Crippen molar-refractivity contribution in [2.24, 2.45) is 5.41 Å². The number of benzene rings is 2. The second-order valence-corrected chi connectivity index (χ2v) is 16.9. The minimum Gasteiger partial charge on any atom is -0.424 e. The molecule has 0 spiro atoms. The lowest BCUT2D eigenvalue weighted by molar-refractivity contribution is 0.0724. The van der Waals surface area contributed by atoms with Crippen LogP contribution in [-0.4, -0.2) is 75.5 Å². The number of hydrogen-bond donors (Lipinski definition) is 0. The number of hydrogen-bond acceptors (Lipinski definition) is 9. The summed E-state index contributed by atoms with van der Waals surface area (Å²) in [7, 11) is 0. The molecule has 7 aromatic rings. The zero-order valence-electron chi connectivity index (χ0n) is 34.1. The van der Waals surface area contributed by atoms with E-state index in [0.29, 0.717) is 52.5 Å². The van der Waals surface area contributed by atoms with Crippen LogP contribution in [0.3, 0.4) is 0 Å². The van der Waals surface area contributed by atoms with Crippen LogP contribution in [0.5, 0.6) is 11.8 Å². The first-order valence-electron chi connectivity index (χ1n) is 20.3. The first kappa shape index (κ1) is 38.8. The number of rotatable bonds is 8. The van der Waals surface area contributed by atoms with Gasteiger partial charge >= 0.3 is 11.7 Å². The van der Waals surface area contributed by atoms with Gasteiger partial charge in [-0.2, -0.15) is 15.2 Å². The molecule has 1 fully saturated rings. The fourth-order valence-corrected chi connectivity index (χ4v) is 8.79. The van der Waals surface area contributed by atoms with Crippen molar-refractivity contribution in [1.82, 2.24) is 43.4 Å². The van der Waals surface area contributed by atoms with E-state index < -0.39 is 5.82 Å². The molecule has 0 unspecified atom stereocenters. The summed E-state index contributed by atoms with van der Waals surface area (Å²) in [6, 6.07) is 23.1. The average molecular weight is 805 g/mol. The summed E-state index contributed by atoms with van der Waals surface area (Å²) >= 11 is 0. The van der Waals surface area contributed by atoms with Gasteiger partial charge in [0.05, 0.1) is 42.3 Å². The maximum absolute atomic E-state index is 15.1. The van der Waals surface area contributed by atoms with Crippen molar-refractivity contribution in [3.63, 3.8) is 0 Å². The fraction of sp³-hybridized carbons (Fsp3) is 0.326. The lowest BCUT2D eigenvalue weighted by Crippen LogP contribution is -2.41. The summed E-state index contributed by atoms with van der Waals surface area (Å²) in [6.45, 7) is 12.2. The number of pyridine rings is 2. The van der Waals surface area contributed by atoms with Crippen LogP contribution in [0.15, 0.2) is 90.0 Å². The summed E-state index contributed by atoms with van der Waals surface area (Å²) < 4.78 is 26.6. The van der Waals surface area contributed by atoms with Gasteiger partial charge in [-0.05, 0) is 85.7 Å². The molecule has 0 aliphatic carbocycles. The van der Waals surface area contributed by atoms with Crippen molar-refractivity contribution >= 4 is 28.1 Å². The highest BCUT2D eigenvalue weighted by molar-refractivity contribution is 5.93. The number of fused-ring (bicyclic) bond motifs is 4. The number of aryl methyl sites for hydroxylation is 1. The molecule has 0 N–H and O–H groups in total. The number of carbonyl (C=O) groups excluding carboxylic acids is 1. The van der Waals surface area contributed by atoms with Crippen molar-refractivity contribution in [1.29, 1.82) is 5.26 Å². The Morgan fingerprint density at radius 3 is 2.48 bits per heavy atom. The van der Waals surface area contributed by atoms with Crippen LogP contribution in [0, 0.1) is 29.5 Å². The van der Waals surface area contributed by atoms with E-state index in [-0.39, 0.29) is 53.4 Å². The highest BCUT2D eigenvalue weighted by Crippen LogP contribution is 2.33. The highest BCUT2D eigenvalue weighted by atomic mass is 19.1. The van der Waals surface area contributed by atoms with Gasteiger partial charge in [0, 0.05) is 55.1 Å². The maximum atomic E-state index is 15.1. The van der Waals surface area contributed by atoms with Gasteiger partial charge < -0.3 is 19.1 Å². The molecule has 2 aliphatic rings. The molecule has 7 heterocycles. The Balaban J connectivity index is 1.03.